The lowest BCUT2D eigenvalue weighted by Crippen LogP contribution is -2.56. The molecule has 7 nitrogen and oxygen atoms in total. The lowest BCUT2D eigenvalue weighted by Gasteiger charge is -2.35. The maximum Gasteiger partial charge on any atom is 0.331 e. The van der Waals surface area contributed by atoms with Crippen LogP contribution in [0.1, 0.15) is 49.4 Å². The van der Waals surface area contributed by atoms with Crippen LogP contribution in [-0.4, -0.2) is 39.0 Å². The Morgan fingerprint density at radius 1 is 1.26 bits per heavy atom. The quantitative estimate of drug-likeness (QED) is 0.542. The summed E-state index contributed by atoms with van der Waals surface area (Å²) in [5.74, 6) is 1.23. The van der Waals surface area contributed by atoms with E-state index in [1.54, 1.807) is 6.92 Å². The Bertz CT molecular complexity index is 836. The van der Waals surface area contributed by atoms with Crippen molar-refractivity contribution in [1.82, 2.24) is 10.0 Å². The number of benzene rings is 1. The molecule has 1 amide bonds. The third-order valence-corrected chi connectivity index (χ3v) is 5.90. The van der Waals surface area contributed by atoms with Gasteiger partial charge in [0, 0.05) is 5.56 Å². The molecule has 0 atom stereocenters. The first-order chi connectivity index (χ1) is 12.8. The largest absolute Gasteiger partial charge is 0.464 e. The van der Waals surface area contributed by atoms with Crippen LogP contribution in [0.3, 0.4) is 0 Å². The second-order valence-electron chi connectivity index (χ2n) is 6.37. The van der Waals surface area contributed by atoms with E-state index in [1.807, 2.05) is 0 Å². The van der Waals surface area contributed by atoms with E-state index < -0.39 is 27.4 Å². The van der Waals surface area contributed by atoms with Crippen molar-refractivity contribution in [2.45, 2.75) is 49.5 Å². The summed E-state index contributed by atoms with van der Waals surface area (Å²) in [6.45, 7) is 1.80. The zero-order valence-corrected chi connectivity index (χ0v) is 16.1. The van der Waals surface area contributed by atoms with E-state index >= 15 is 0 Å². The van der Waals surface area contributed by atoms with E-state index in [-0.39, 0.29) is 23.6 Å². The minimum absolute atomic E-state index is 0.0702. The molecule has 2 N–H and O–H groups in total. The van der Waals surface area contributed by atoms with E-state index in [4.69, 9.17) is 11.2 Å². The minimum Gasteiger partial charge on any atom is -0.464 e. The molecule has 0 aliphatic heterocycles. The fraction of sp³-hybridized carbons (Fsp3) is 0.474. The summed E-state index contributed by atoms with van der Waals surface area (Å²) in [6, 6.07) is 5.60. The predicted octanol–water partition coefficient (Wildman–Crippen LogP) is 1.59. The maximum atomic E-state index is 12.8. The lowest BCUT2D eigenvalue weighted by atomic mass is 9.81. The van der Waals surface area contributed by atoms with Crippen LogP contribution in [0.15, 0.2) is 29.2 Å². The normalized spacial score (nSPS) is 16.1. The van der Waals surface area contributed by atoms with Crippen LogP contribution < -0.4 is 10.0 Å². The Hall–Kier alpha value is -2.37. The highest BCUT2D eigenvalue weighted by molar-refractivity contribution is 7.89. The molecule has 2 rings (SSSR count). The van der Waals surface area contributed by atoms with Crippen molar-refractivity contribution >= 4 is 21.9 Å². The second-order valence-corrected chi connectivity index (χ2v) is 8.14. The zero-order chi connectivity index (χ0) is 19.9. The molecular weight excluding hydrogens is 368 g/mol. The highest BCUT2D eigenvalue weighted by Crippen LogP contribution is 2.30. The van der Waals surface area contributed by atoms with Crippen molar-refractivity contribution in [3.63, 3.8) is 0 Å². The summed E-state index contributed by atoms with van der Waals surface area (Å²) in [4.78, 5) is 25.2. The number of ether oxygens (including phenoxy) is 1. The van der Waals surface area contributed by atoms with E-state index in [9.17, 15) is 18.0 Å². The molecule has 1 fully saturated rings. The second kappa shape index (κ2) is 9.02. The average Bonchev–Trinajstić information content (AvgIpc) is 2.67. The topological polar surface area (TPSA) is 102 Å². The molecule has 1 saturated carbocycles. The number of esters is 1. The van der Waals surface area contributed by atoms with Gasteiger partial charge in [0.25, 0.3) is 5.91 Å². The number of hydrogen-bond acceptors (Lipinski definition) is 5. The molecule has 0 spiro atoms. The lowest BCUT2D eigenvalue weighted by molar-refractivity contribution is -0.152. The van der Waals surface area contributed by atoms with Crippen molar-refractivity contribution < 1.29 is 22.7 Å². The van der Waals surface area contributed by atoms with Gasteiger partial charge in [-0.15, -0.1) is 6.42 Å². The van der Waals surface area contributed by atoms with Crippen LogP contribution in [0.4, 0.5) is 0 Å². The van der Waals surface area contributed by atoms with E-state index in [0.717, 1.165) is 19.3 Å². The Labute approximate surface area is 159 Å². The third kappa shape index (κ3) is 5.08. The number of carbonyl (C=O) groups is 2. The number of nitrogens with one attached hydrogen (secondary N) is 2. The molecule has 1 aromatic carbocycles. The average molecular weight is 392 g/mol. The Morgan fingerprint density at radius 2 is 1.96 bits per heavy atom. The van der Waals surface area contributed by atoms with Crippen LogP contribution in [0, 0.1) is 12.3 Å². The van der Waals surface area contributed by atoms with Crippen LogP contribution in [0.5, 0.6) is 0 Å². The Balaban J connectivity index is 2.25. The first-order valence-corrected chi connectivity index (χ1v) is 10.4. The van der Waals surface area contributed by atoms with Gasteiger partial charge in [0.1, 0.15) is 5.54 Å². The van der Waals surface area contributed by atoms with E-state index in [0.29, 0.717) is 12.8 Å². The van der Waals surface area contributed by atoms with Crippen LogP contribution in [-0.2, 0) is 19.6 Å². The van der Waals surface area contributed by atoms with Gasteiger partial charge in [-0.1, -0.05) is 31.2 Å². The van der Waals surface area contributed by atoms with Gasteiger partial charge in [-0.25, -0.2) is 13.2 Å². The molecule has 8 heteroatoms. The monoisotopic (exact) mass is 392 g/mol. The van der Waals surface area contributed by atoms with Gasteiger partial charge in [0.2, 0.25) is 10.0 Å². The molecule has 0 aromatic heterocycles. The number of carbonyl (C=O) groups excluding carboxylic acids is 2. The molecule has 0 radical (unpaired) electrons. The first kappa shape index (κ1) is 20.9. The number of amides is 1. The fourth-order valence-corrected chi connectivity index (χ4v) is 4.10. The van der Waals surface area contributed by atoms with Crippen molar-refractivity contribution in [1.29, 1.82) is 0 Å². The standard InChI is InChI=1S/C19H24N2O5S/c1-3-13-20-27(24,25)16-10-8-9-15(14-16)17(22)21-19(18(23)26-4-2)11-6-5-7-12-19/h1,8-10,14,20H,4-7,11-13H2,2H3,(H,21,22). The smallest absolute Gasteiger partial charge is 0.331 e. The van der Waals surface area contributed by atoms with Crippen molar-refractivity contribution in [3.8, 4) is 12.3 Å². The minimum atomic E-state index is -3.82. The van der Waals surface area contributed by atoms with Crippen LogP contribution in [0.2, 0.25) is 0 Å². The number of terminal acetylenes is 1. The van der Waals surface area contributed by atoms with Gasteiger partial charge in [-0.2, -0.15) is 4.72 Å². The zero-order valence-electron chi connectivity index (χ0n) is 15.3. The highest BCUT2D eigenvalue weighted by Gasteiger charge is 2.42. The fourth-order valence-electron chi connectivity index (χ4n) is 3.12. The van der Waals surface area contributed by atoms with Crippen LogP contribution >= 0.6 is 0 Å². The maximum absolute atomic E-state index is 12.8. The first-order valence-electron chi connectivity index (χ1n) is 8.87. The summed E-state index contributed by atoms with van der Waals surface area (Å²) in [7, 11) is -3.82. The van der Waals surface area contributed by atoms with E-state index in [2.05, 4.69) is 16.0 Å². The molecule has 1 aromatic rings. The van der Waals surface area contributed by atoms with Gasteiger partial charge >= 0.3 is 5.97 Å². The molecular formula is C19H24N2O5S. The predicted molar refractivity (Wildman–Crippen MR) is 100 cm³/mol. The van der Waals surface area contributed by atoms with Gasteiger partial charge in [-0.05, 0) is 38.0 Å². The summed E-state index contributed by atoms with van der Waals surface area (Å²) in [5, 5.41) is 2.79. The van der Waals surface area contributed by atoms with Crippen molar-refractivity contribution in [3.05, 3.63) is 29.8 Å². The van der Waals surface area contributed by atoms with Gasteiger partial charge in [0.15, 0.2) is 0 Å². The molecule has 146 valence electrons. The molecule has 0 saturated heterocycles. The van der Waals surface area contributed by atoms with Crippen molar-refractivity contribution in [2.75, 3.05) is 13.2 Å². The molecule has 27 heavy (non-hydrogen) atoms. The number of hydrogen-bond donors (Lipinski definition) is 2. The summed E-state index contributed by atoms with van der Waals surface area (Å²) in [6.07, 6.45) is 8.69. The third-order valence-electron chi connectivity index (χ3n) is 4.50. The summed E-state index contributed by atoms with van der Waals surface area (Å²) >= 11 is 0. The van der Waals surface area contributed by atoms with Gasteiger partial charge in [0.05, 0.1) is 18.0 Å². The Morgan fingerprint density at radius 3 is 2.59 bits per heavy atom. The van der Waals surface area contributed by atoms with E-state index in [1.165, 1.54) is 24.3 Å². The van der Waals surface area contributed by atoms with Gasteiger partial charge in [-0.3, -0.25) is 4.79 Å². The number of rotatable bonds is 7. The SMILES string of the molecule is C#CCNS(=O)(=O)c1cccc(C(=O)NC2(C(=O)OCC)CCCCC2)c1. The number of sulfonamides is 1. The molecule has 0 unspecified atom stereocenters. The summed E-state index contributed by atoms with van der Waals surface area (Å²) < 4.78 is 31.8. The molecule has 1 aliphatic rings. The molecule has 1 aliphatic carbocycles. The Kier molecular flexibility index (Phi) is 6.99. The highest BCUT2D eigenvalue weighted by atomic mass is 32.2. The molecule has 0 bridgehead atoms. The summed E-state index contributed by atoms with van der Waals surface area (Å²) in [5.41, 5.74) is -0.921. The van der Waals surface area contributed by atoms with Gasteiger partial charge < -0.3 is 10.1 Å². The molecule has 0 heterocycles. The van der Waals surface area contributed by atoms with Crippen molar-refractivity contribution in [2.24, 2.45) is 0 Å². The van der Waals surface area contributed by atoms with Crippen LogP contribution in [0.25, 0.3) is 0 Å².